The Kier molecular flexibility index (Phi) is 4.44. The highest BCUT2D eigenvalue weighted by Gasteiger charge is 2.52. The summed E-state index contributed by atoms with van der Waals surface area (Å²) in [6.45, 7) is 2.18. The number of carboxylic acid groups (broad SMARTS) is 1. The maximum absolute atomic E-state index is 12.1. The Morgan fingerprint density at radius 2 is 2.37 bits per heavy atom. The molecule has 0 spiro atoms. The zero-order chi connectivity index (χ0) is 19.3. The zero-order valence-corrected chi connectivity index (χ0v) is 16.0. The van der Waals surface area contributed by atoms with Gasteiger partial charge in [0.05, 0.1) is 0 Å². The summed E-state index contributed by atoms with van der Waals surface area (Å²) < 4.78 is 3.90. The second kappa shape index (κ2) is 6.66. The molecule has 4 rings (SSSR count). The van der Waals surface area contributed by atoms with E-state index in [0.29, 0.717) is 24.3 Å². The van der Waals surface area contributed by atoms with E-state index in [1.54, 1.807) is 11.3 Å². The molecule has 4 heterocycles. The van der Waals surface area contributed by atoms with Gasteiger partial charge in [-0.3, -0.25) is 14.5 Å². The van der Waals surface area contributed by atoms with Gasteiger partial charge < -0.3 is 16.2 Å². The van der Waals surface area contributed by atoms with E-state index in [1.165, 1.54) is 16.7 Å². The average molecular weight is 408 g/mol. The van der Waals surface area contributed by atoms with E-state index in [1.807, 2.05) is 33.7 Å². The monoisotopic (exact) mass is 408 g/mol. The van der Waals surface area contributed by atoms with Crippen molar-refractivity contribution in [3.8, 4) is 0 Å². The lowest BCUT2D eigenvalue weighted by Crippen LogP contribution is -2.68. The van der Waals surface area contributed by atoms with Gasteiger partial charge in [0.25, 0.3) is 5.82 Å². The predicted octanol–water partition coefficient (Wildman–Crippen LogP) is -0.324. The molecule has 4 N–H and O–H groups in total. The number of carbonyl (C=O) groups excluding carboxylic acids is 2. The van der Waals surface area contributed by atoms with Crippen molar-refractivity contribution in [3.05, 3.63) is 34.9 Å². The SMILES string of the molecule is C[C@@H](NC=O)c1n2ccsc2c[n+]1CC1=C(C(=O)O)N2C(=O)[C@@H](N)[C@H]2SC1. The molecule has 1 saturated heterocycles. The number of nitrogens with one attached hydrogen (secondary N) is 1. The summed E-state index contributed by atoms with van der Waals surface area (Å²) >= 11 is 3.02. The Labute approximate surface area is 162 Å². The summed E-state index contributed by atoms with van der Waals surface area (Å²) in [4.78, 5) is 37.1. The van der Waals surface area contributed by atoms with Crippen LogP contribution in [0.2, 0.25) is 0 Å². The Morgan fingerprint density at radius 1 is 1.59 bits per heavy atom. The van der Waals surface area contributed by atoms with Gasteiger partial charge in [-0.2, -0.15) is 4.40 Å². The van der Waals surface area contributed by atoms with E-state index >= 15 is 0 Å². The molecule has 142 valence electrons. The minimum absolute atomic E-state index is 0.0226. The fourth-order valence-corrected chi connectivity index (χ4v) is 5.64. The highest BCUT2D eigenvalue weighted by atomic mass is 32.2. The van der Waals surface area contributed by atoms with Crippen LogP contribution in [-0.4, -0.2) is 49.9 Å². The van der Waals surface area contributed by atoms with E-state index in [9.17, 15) is 19.5 Å². The molecule has 3 atom stereocenters. The fourth-order valence-electron chi connectivity index (χ4n) is 3.58. The molecule has 9 nitrogen and oxygen atoms in total. The predicted molar refractivity (Wildman–Crippen MR) is 98.8 cm³/mol. The minimum Gasteiger partial charge on any atom is -0.477 e. The van der Waals surface area contributed by atoms with Gasteiger partial charge >= 0.3 is 5.97 Å². The molecule has 2 aliphatic rings. The van der Waals surface area contributed by atoms with Gasteiger partial charge in [0.2, 0.25) is 17.1 Å². The third-order valence-electron chi connectivity index (χ3n) is 4.80. The number of aliphatic carboxylic acids is 1. The summed E-state index contributed by atoms with van der Waals surface area (Å²) in [6.07, 6.45) is 4.48. The van der Waals surface area contributed by atoms with Crippen LogP contribution < -0.4 is 15.6 Å². The van der Waals surface area contributed by atoms with Gasteiger partial charge in [0, 0.05) is 16.7 Å². The van der Waals surface area contributed by atoms with Crippen molar-refractivity contribution >= 4 is 46.2 Å². The summed E-state index contributed by atoms with van der Waals surface area (Å²) in [5.74, 6) is -0.178. The summed E-state index contributed by atoms with van der Waals surface area (Å²) in [7, 11) is 0. The number of nitrogens with two attached hydrogens (primary N) is 1. The molecule has 27 heavy (non-hydrogen) atoms. The number of carbonyl (C=O) groups is 3. The minimum atomic E-state index is -1.13. The Hall–Kier alpha value is -2.37. The van der Waals surface area contributed by atoms with Crippen molar-refractivity contribution in [2.75, 3.05) is 5.75 Å². The topological polar surface area (TPSA) is 121 Å². The van der Waals surface area contributed by atoms with Crippen molar-refractivity contribution in [3.63, 3.8) is 0 Å². The second-order valence-corrected chi connectivity index (χ2v) is 8.46. The normalized spacial score (nSPS) is 23.2. The highest BCUT2D eigenvalue weighted by Crippen LogP contribution is 2.39. The van der Waals surface area contributed by atoms with Gasteiger partial charge in [0.1, 0.15) is 42.1 Å². The van der Waals surface area contributed by atoms with E-state index in [4.69, 9.17) is 5.73 Å². The van der Waals surface area contributed by atoms with Crippen LogP contribution in [0.15, 0.2) is 29.0 Å². The highest BCUT2D eigenvalue weighted by molar-refractivity contribution is 8.00. The third kappa shape index (κ3) is 2.73. The first-order valence-corrected chi connectivity index (χ1v) is 10.2. The van der Waals surface area contributed by atoms with E-state index in [2.05, 4.69) is 5.32 Å². The van der Waals surface area contributed by atoms with E-state index < -0.39 is 12.0 Å². The lowest BCUT2D eigenvalue weighted by atomic mass is 10.0. The number of hydrogen-bond acceptors (Lipinski definition) is 6. The first-order chi connectivity index (χ1) is 12.9. The molecule has 2 amide bonds. The Balaban J connectivity index is 1.76. The molecule has 0 radical (unpaired) electrons. The van der Waals surface area contributed by atoms with E-state index in [-0.39, 0.29) is 23.0 Å². The molecule has 2 aromatic rings. The van der Waals surface area contributed by atoms with Gasteiger partial charge in [-0.05, 0) is 6.92 Å². The summed E-state index contributed by atoms with van der Waals surface area (Å²) in [6, 6.07) is -0.915. The van der Waals surface area contributed by atoms with Crippen molar-refractivity contribution in [1.82, 2.24) is 14.6 Å². The first-order valence-electron chi connectivity index (χ1n) is 8.27. The van der Waals surface area contributed by atoms with Crippen LogP contribution in [0.5, 0.6) is 0 Å². The molecule has 2 aromatic heterocycles. The van der Waals surface area contributed by atoms with Crippen molar-refractivity contribution in [2.45, 2.75) is 30.9 Å². The molecular weight excluding hydrogens is 390 g/mol. The third-order valence-corrected chi connectivity index (χ3v) is 6.96. The number of carboxylic acids is 1. The molecule has 0 bridgehead atoms. The number of fused-ring (bicyclic) bond motifs is 2. The van der Waals surface area contributed by atoms with E-state index in [0.717, 1.165) is 10.7 Å². The quantitative estimate of drug-likeness (QED) is 0.342. The first kappa shape index (κ1) is 18.0. The lowest BCUT2D eigenvalue weighted by molar-refractivity contribution is -0.696. The summed E-state index contributed by atoms with van der Waals surface area (Å²) in [5.41, 5.74) is 6.46. The number of thioether (sulfide) groups is 1. The van der Waals surface area contributed by atoms with Gasteiger partial charge in [-0.15, -0.1) is 11.8 Å². The number of nitrogens with zero attached hydrogens (tertiary/aromatic N) is 3. The van der Waals surface area contributed by atoms with Crippen molar-refractivity contribution in [2.24, 2.45) is 5.73 Å². The van der Waals surface area contributed by atoms with Crippen LogP contribution in [0.4, 0.5) is 0 Å². The number of thiazole rings is 1. The Bertz CT molecular complexity index is 981. The molecule has 0 unspecified atom stereocenters. The number of aromatic nitrogens is 2. The standard InChI is InChI=1S/C16H17N5O4S2/c1-8(18-7-22)13-19(5-10-20(13)2-3-26-10)4-9-6-27-15-11(17)14(23)21(15)12(9)16(24)25/h2-3,5,7-8,11,15H,4,6,17H2,1H3,(H-,18,22,24,25)/p+1/t8-,11-,15-/m1/s1. The van der Waals surface area contributed by atoms with Gasteiger partial charge in [-0.25, -0.2) is 9.36 Å². The smallest absolute Gasteiger partial charge is 0.352 e. The number of hydrogen-bond donors (Lipinski definition) is 3. The summed E-state index contributed by atoms with van der Waals surface area (Å²) in [5, 5.41) is 14.1. The van der Waals surface area contributed by atoms with Crippen LogP contribution in [0.1, 0.15) is 18.8 Å². The average Bonchev–Trinajstić information content (AvgIpc) is 3.21. The van der Waals surface area contributed by atoms with Crippen molar-refractivity contribution in [1.29, 1.82) is 0 Å². The molecule has 0 saturated carbocycles. The molecule has 1 fully saturated rings. The molecule has 2 aliphatic heterocycles. The number of imidazole rings is 1. The van der Waals surface area contributed by atoms with Crippen LogP contribution in [-0.2, 0) is 20.9 Å². The van der Waals surface area contributed by atoms with Crippen LogP contribution in [0, 0.1) is 0 Å². The molecular formula is C16H18N5O4S2+. The van der Waals surface area contributed by atoms with Crippen molar-refractivity contribution < 1.29 is 24.1 Å². The maximum atomic E-state index is 12.1. The lowest BCUT2D eigenvalue weighted by Gasteiger charge is -2.47. The molecule has 11 heteroatoms. The van der Waals surface area contributed by atoms with Gasteiger partial charge in [0.15, 0.2) is 0 Å². The van der Waals surface area contributed by atoms with Crippen LogP contribution >= 0.6 is 23.1 Å². The Morgan fingerprint density at radius 3 is 3.07 bits per heavy atom. The number of β-lactam (4-membered cyclic amide) rings is 1. The van der Waals surface area contributed by atoms with Crippen LogP contribution in [0.3, 0.4) is 0 Å². The van der Waals surface area contributed by atoms with Gasteiger partial charge in [-0.1, -0.05) is 11.3 Å². The molecule has 0 aromatic carbocycles. The maximum Gasteiger partial charge on any atom is 0.352 e. The zero-order valence-electron chi connectivity index (χ0n) is 14.4. The largest absolute Gasteiger partial charge is 0.477 e. The molecule has 0 aliphatic carbocycles. The number of amides is 2. The number of rotatable bonds is 6. The van der Waals surface area contributed by atoms with Crippen LogP contribution in [0.25, 0.3) is 4.83 Å². The fraction of sp³-hybridized carbons (Fsp3) is 0.375. The second-order valence-electron chi connectivity index (χ2n) is 6.43.